The minimum atomic E-state index is -1.01. The molecular weight excluding hydrogens is 248 g/mol. The Hall–Kier alpha value is -2.01. The highest BCUT2D eigenvalue weighted by Gasteiger charge is 2.09. The van der Waals surface area contributed by atoms with E-state index in [0.29, 0.717) is 36.9 Å². The van der Waals surface area contributed by atoms with Crippen LogP contribution in [0.25, 0.3) is 6.08 Å². The largest absolute Gasteiger partial charge is 0.490 e. The fourth-order valence-corrected chi connectivity index (χ4v) is 1.48. The summed E-state index contributed by atoms with van der Waals surface area (Å²) in [6.45, 7) is 3.20. The summed E-state index contributed by atoms with van der Waals surface area (Å²) in [5.41, 5.74) is 0.657. The molecule has 1 N–H and O–H groups in total. The number of para-hydroxylation sites is 1. The quantitative estimate of drug-likeness (QED) is 0.577. The van der Waals surface area contributed by atoms with Gasteiger partial charge in [-0.2, -0.15) is 0 Å². The van der Waals surface area contributed by atoms with E-state index in [1.807, 2.05) is 6.92 Å². The van der Waals surface area contributed by atoms with E-state index >= 15 is 0 Å². The van der Waals surface area contributed by atoms with Gasteiger partial charge >= 0.3 is 5.97 Å². The number of hydrogen-bond acceptors (Lipinski definition) is 4. The summed E-state index contributed by atoms with van der Waals surface area (Å²) >= 11 is 0. The molecule has 0 spiro atoms. The first kappa shape index (κ1) is 15.0. The smallest absolute Gasteiger partial charge is 0.328 e. The summed E-state index contributed by atoms with van der Waals surface area (Å²) in [6, 6.07) is 5.34. The molecular formula is C14H18O5. The first-order valence-corrected chi connectivity index (χ1v) is 5.97. The molecule has 104 valence electrons. The molecule has 5 nitrogen and oxygen atoms in total. The van der Waals surface area contributed by atoms with Crippen LogP contribution in [-0.2, 0) is 9.53 Å². The van der Waals surface area contributed by atoms with Crippen LogP contribution in [0.2, 0.25) is 0 Å². The van der Waals surface area contributed by atoms with Crippen molar-refractivity contribution in [2.45, 2.75) is 6.92 Å². The highest BCUT2D eigenvalue weighted by molar-refractivity contribution is 5.86. The van der Waals surface area contributed by atoms with Crippen molar-refractivity contribution in [1.82, 2.24) is 0 Å². The summed E-state index contributed by atoms with van der Waals surface area (Å²) in [5.74, 6) is 0.106. The van der Waals surface area contributed by atoms with Gasteiger partial charge < -0.3 is 19.3 Å². The molecule has 0 bridgehead atoms. The predicted octanol–water partition coefficient (Wildman–Crippen LogP) is 2.21. The van der Waals surface area contributed by atoms with E-state index in [-0.39, 0.29) is 0 Å². The third-order valence-corrected chi connectivity index (χ3v) is 2.25. The van der Waals surface area contributed by atoms with Crippen LogP contribution >= 0.6 is 0 Å². The monoisotopic (exact) mass is 266 g/mol. The molecule has 1 aromatic rings. The van der Waals surface area contributed by atoms with Crippen molar-refractivity contribution in [3.8, 4) is 11.5 Å². The Labute approximate surface area is 112 Å². The third kappa shape index (κ3) is 5.01. The van der Waals surface area contributed by atoms with E-state index in [9.17, 15) is 4.79 Å². The lowest BCUT2D eigenvalue weighted by atomic mass is 10.1. The topological polar surface area (TPSA) is 65.0 Å². The van der Waals surface area contributed by atoms with Crippen molar-refractivity contribution in [2.75, 3.05) is 26.9 Å². The normalized spacial score (nSPS) is 10.6. The second-order valence-electron chi connectivity index (χ2n) is 3.62. The number of methoxy groups -OCH3 is 1. The molecule has 0 unspecified atom stereocenters. The highest BCUT2D eigenvalue weighted by Crippen LogP contribution is 2.32. The van der Waals surface area contributed by atoms with Gasteiger partial charge in [-0.25, -0.2) is 4.79 Å². The number of benzene rings is 1. The molecule has 0 aliphatic heterocycles. The van der Waals surface area contributed by atoms with Gasteiger partial charge in [0, 0.05) is 18.7 Å². The summed E-state index contributed by atoms with van der Waals surface area (Å²) < 4.78 is 16.0. The zero-order valence-electron chi connectivity index (χ0n) is 11.1. The molecule has 1 aromatic carbocycles. The molecule has 1 rings (SSSR count). The third-order valence-electron chi connectivity index (χ3n) is 2.25. The van der Waals surface area contributed by atoms with Crippen molar-refractivity contribution in [2.24, 2.45) is 0 Å². The second-order valence-corrected chi connectivity index (χ2v) is 3.62. The van der Waals surface area contributed by atoms with Crippen LogP contribution in [0.1, 0.15) is 12.5 Å². The van der Waals surface area contributed by atoms with Crippen LogP contribution in [0.4, 0.5) is 0 Å². The predicted molar refractivity (Wildman–Crippen MR) is 71.7 cm³/mol. The molecule has 19 heavy (non-hydrogen) atoms. The average molecular weight is 266 g/mol. The number of rotatable bonds is 8. The van der Waals surface area contributed by atoms with Crippen LogP contribution in [0, 0.1) is 0 Å². The summed E-state index contributed by atoms with van der Waals surface area (Å²) in [6.07, 6.45) is 2.54. The molecule has 0 radical (unpaired) electrons. The fraction of sp³-hybridized carbons (Fsp3) is 0.357. The molecule has 0 aliphatic rings. The zero-order chi connectivity index (χ0) is 14.1. The fourth-order valence-electron chi connectivity index (χ4n) is 1.48. The van der Waals surface area contributed by atoms with Gasteiger partial charge in [0.15, 0.2) is 11.5 Å². The first-order chi connectivity index (χ1) is 9.19. The number of ether oxygens (including phenoxy) is 3. The van der Waals surface area contributed by atoms with Crippen LogP contribution < -0.4 is 9.47 Å². The maximum atomic E-state index is 10.6. The van der Waals surface area contributed by atoms with Crippen LogP contribution in [-0.4, -0.2) is 38.0 Å². The van der Waals surface area contributed by atoms with Crippen molar-refractivity contribution in [3.05, 3.63) is 29.8 Å². The average Bonchev–Trinajstić information content (AvgIpc) is 2.39. The Balaban J connectivity index is 2.99. The maximum Gasteiger partial charge on any atom is 0.328 e. The van der Waals surface area contributed by atoms with Crippen LogP contribution in [0.5, 0.6) is 11.5 Å². The number of carbonyl (C=O) groups is 1. The zero-order valence-corrected chi connectivity index (χ0v) is 11.1. The maximum absolute atomic E-state index is 10.6. The summed E-state index contributed by atoms with van der Waals surface area (Å²) in [5, 5.41) is 8.67. The Morgan fingerprint density at radius 3 is 2.74 bits per heavy atom. The summed E-state index contributed by atoms with van der Waals surface area (Å²) in [7, 11) is 1.59. The van der Waals surface area contributed by atoms with E-state index in [1.165, 1.54) is 6.08 Å². The molecule has 0 saturated carbocycles. The molecule has 0 atom stereocenters. The van der Waals surface area contributed by atoms with Gasteiger partial charge in [0.25, 0.3) is 0 Å². The highest BCUT2D eigenvalue weighted by atomic mass is 16.5. The molecule has 0 heterocycles. The molecule has 5 heteroatoms. The Kier molecular flexibility index (Phi) is 6.46. The van der Waals surface area contributed by atoms with Crippen molar-refractivity contribution >= 4 is 12.0 Å². The molecule has 0 saturated heterocycles. The van der Waals surface area contributed by atoms with E-state index in [2.05, 4.69) is 0 Å². The lowest BCUT2D eigenvalue weighted by Crippen LogP contribution is -2.07. The van der Waals surface area contributed by atoms with E-state index in [4.69, 9.17) is 19.3 Å². The standard InChI is InChI=1S/C14H18O5/c1-3-18-12-6-4-5-11(7-8-13(15)16)14(12)19-10-9-17-2/h4-8H,3,9-10H2,1-2H3,(H,15,16)/b8-7+. The molecule has 0 fully saturated rings. The lowest BCUT2D eigenvalue weighted by molar-refractivity contribution is -0.131. The number of hydrogen-bond donors (Lipinski definition) is 1. The van der Waals surface area contributed by atoms with Gasteiger partial charge in [0.1, 0.15) is 6.61 Å². The number of carboxylic acid groups (broad SMARTS) is 1. The second kappa shape index (κ2) is 8.16. The minimum absolute atomic E-state index is 0.370. The van der Waals surface area contributed by atoms with Gasteiger partial charge in [0.05, 0.1) is 13.2 Å². The van der Waals surface area contributed by atoms with Gasteiger partial charge in [-0.1, -0.05) is 12.1 Å². The van der Waals surface area contributed by atoms with E-state index in [0.717, 1.165) is 6.08 Å². The van der Waals surface area contributed by atoms with Gasteiger partial charge in [-0.15, -0.1) is 0 Å². The SMILES string of the molecule is CCOc1cccc(/C=C/C(=O)O)c1OCCOC. The molecule has 0 amide bonds. The Bertz CT molecular complexity index is 439. The Morgan fingerprint density at radius 1 is 1.32 bits per heavy atom. The van der Waals surface area contributed by atoms with Crippen molar-refractivity contribution in [3.63, 3.8) is 0 Å². The van der Waals surface area contributed by atoms with Gasteiger partial charge in [-0.05, 0) is 19.1 Å². The molecule has 0 aliphatic carbocycles. The summed E-state index contributed by atoms with van der Waals surface area (Å²) in [4.78, 5) is 10.6. The van der Waals surface area contributed by atoms with Crippen LogP contribution in [0.3, 0.4) is 0 Å². The van der Waals surface area contributed by atoms with E-state index < -0.39 is 5.97 Å². The van der Waals surface area contributed by atoms with E-state index in [1.54, 1.807) is 25.3 Å². The van der Waals surface area contributed by atoms with Crippen LogP contribution in [0.15, 0.2) is 24.3 Å². The Morgan fingerprint density at radius 2 is 2.11 bits per heavy atom. The van der Waals surface area contributed by atoms with Gasteiger partial charge in [0.2, 0.25) is 0 Å². The van der Waals surface area contributed by atoms with Crippen molar-refractivity contribution in [1.29, 1.82) is 0 Å². The van der Waals surface area contributed by atoms with Crippen molar-refractivity contribution < 1.29 is 24.1 Å². The van der Waals surface area contributed by atoms with Gasteiger partial charge in [-0.3, -0.25) is 0 Å². The first-order valence-electron chi connectivity index (χ1n) is 5.97. The minimum Gasteiger partial charge on any atom is -0.490 e. The number of aliphatic carboxylic acids is 1. The lowest BCUT2D eigenvalue weighted by Gasteiger charge is -2.14. The number of carboxylic acids is 1. The molecule has 0 aromatic heterocycles.